The van der Waals surface area contributed by atoms with Crippen molar-refractivity contribution in [3.8, 4) is 0 Å². The van der Waals surface area contributed by atoms with Gasteiger partial charge >= 0.3 is 0 Å². The predicted octanol–water partition coefficient (Wildman–Crippen LogP) is 0.946. The first kappa shape index (κ1) is 13.5. The third kappa shape index (κ3) is 3.34. The molecule has 1 N–H and O–H groups in total. The van der Waals surface area contributed by atoms with Crippen LogP contribution in [0.25, 0.3) is 0 Å². The monoisotopic (exact) mass is 284 g/mol. The van der Waals surface area contributed by atoms with E-state index in [0.29, 0.717) is 24.6 Å². The Kier molecular flexibility index (Phi) is 3.77. The van der Waals surface area contributed by atoms with Crippen molar-refractivity contribution >= 4 is 5.91 Å². The van der Waals surface area contributed by atoms with Gasteiger partial charge in [-0.05, 0) is 31.0 Å². The van der Waals surface area contributed by atoms with Gasteiger partial charge in [-0.1, -0.05) is 0 Å². The number of nitrogens with one attached hydrogen (secondary N) is 1. The summed E-state index contributed by atoms with van der Waals surface area (Å²) in [5.41, 5.74) is 1.38. The van der Waals surface area contributed by atoms with Crippen molar-refractivity contribution < 1.29 is 4.79 Å². The van der Waals surface area contributed by atoms with Crippen LogP contribution in [-0.2, 0) is 6.54 Å². The molecule has 1 amide bonds. The van der Waals surface area contributed by atoms with Gasteiger partial charge in [0.15, 0.2) is 0 Å². The molecule has 108 valence electrons. The van der Waals surface area contributed by atoms with E-state index in [1.54, 1.807) is 36.7 Å². The molecule has 1 aliphatic carbocycles. The van der Waals surface area contributed by atoms with Gasteiger partial charge in [-0.15, -0.1) is 0 Å². The largest absolute Gasteiger partial charge is 0.350 e. The summed E-state index contributed by atoms with van der Waals surface area (Å²) >= 11 is 0. The van der Waals surface area contributed by atoms with Gasteiger partial charge in [-0.2, -0.15) is 5.10 Å². The number of nitrogens with zero attached hydrogens (tertiary/aromatic N) is 3. The van der Waals surface area contributed by atoms with Crippen molar-refractivity contribution in [2.24, 2.45) is 0 Å². The number of pyridine rings is 1. The maximum absolute atomic E-state index is 11.9. The van der Waals surface area contributed by atoms with E-state index in [9.17, 15) is 9.59 Å². The molecule has 0 spiro atoms. The molecule has 2 aromatic rings. The zero-order valence-corrected chi connectivity index (χ0v) is 11.5. The molecule has 0 unspecified atom stereocenters. The molecule has 1 fully saturated rings. The highest BCUT2D eigenvalue weighted by Crippen LogP contribution is 2.38. The fourth-order valence-electron chi connectivity index (χ4n) is 2.10. The Morgan fingerprint density at radius 2 is 2.00 bits per heavy atom. The lowest BCUT2D eigenvalue weighted by Gasteiger charge is -2.08. The highest BCUT2D eigenvalue weighted by molar-refractivity contribution is 5.93. The van der Waals surface area contributed by atoms with Crippen molar-refractivity contribution in [2.75, 3.05) is 6.54 Å². The van der Waals surface area contributed by atoms with Crippen LogP contribution in [-0.4, -0.2) is 27.2 Å². The van der Waals surface area contributed by atoms with Gasteiger partial charge in [0.05, 0.1) is 12.2 Å². The van der Waals surface area contributed by atoms with Gasteiger partial charge in [-0.3, -0.25) is 14.6 Å². The predicted molar refractivity (Wildman–Crippen MR) is 77.0 cm³/mol. The molecule has 6 nitrogen and oxygen atoms in total. The minimum atomic E-state index is -0.177. The first-order chi connectivity index (χ1) is 10.2. The standard InChI is InChI=1S/C15H16N4O2/c20-14-4-3-13(11-1-2-11)18-19(14)10-9-17-15(21)12-5-7-16-8-6-12/h3-8,11H,1-2,9-10H2,(H,17,21). The summed E-state index contributed by atoms with van der Waals surface area (Å²) in [6.07, 6.45) is 5.42. The summed E-state index contributed by atoms with van der Waals surface area (Å²) in [5.74, 6) is 0.326. The number of hydrogen-bond acceptors (Lipinski definition) is 4. The van der Waals surface area contributed by atoms with Crippen LogP contribution in [0.5, 0.6) is 0 Å². The van der Waals surface area contributed by atoms with Crippen LogP contribution in [0.4, 0.5) is 0 Å². The van der Waals surface area contributed by atoms with Gasteiger partial charge < -0.3 is 5.32 Å². The second-order valence-corrected chi connectivity index (χ2v) is 5.09. The average molecular weight is 284 g/mol. The molecule has 2 heterocycles. The first-order valence-electron chi connectivity index (χ1n) is 7.00. The average Bonchev–Trinajstić information content (AvgIpc) is 3.35. The third-order valence-corrected chi connectivity index (χ3v) is 3.43. The third-order valence-electron chi connectivity index (χ3n) is 3.43. The SMILES string of the molecule is O=C(NCCn1nc(C2CC2)ccc1=O)c1ccncc1. The molecular weight excluding hydrogens is 268 g/mol. The number of amides is 1. The van der Waals surface area contributed by atoms with E-state index in [2.05, 4.69) is 15.4 Å². The maximum Gasteiger partial charge on any atom is 0.266 e. The lowest BCUT2D eigenvalue weighted by molar-refractivity contribution is 0.0951. The number of hydrogen-bond donors (Lipinski definition) is 1. The summed E-state index contributed by atoms with van der Waals surface area (Å²) in [4.78, 5) is 27.5. The molecular formula is C15H16N4O2. The normalized spacial score (nSPS) is 13.9. The Hall–Kier alpha value is -2.50. The van der Waals surface area contributed by atoms with E-state index < -0.39 is 0 Å². The smallest absolute Gasteiger partial charge is 0.266 e. The fraction of sp³-hybridized carbons (Fsp3) is 0.333. The zero-order valence-electron chi connectivity index (χ0n) is 11.5. The van der Waals surface area contributed by atoms with E-state index in [4.69, 9.17) is 0 Å². The summed E-state index contributed by atoms with van der Waals surface area (Å²) in [5, 5.41) is 7.12. The van der Waals surface area contributed by atoms with Gasteiger partial charge in [0, 0.05) is 36.5 Å². The van der Waals surface area contributed by atoms with Crippen LogP contribution >= 0.6 is 0 Å². The van der Waals surface area contributed by atoms with Gasteiger partial charge in [-0.25, -0.2) is 4.68 Å². The molecule has 0 saturated heterocycles. The second kappa shape index (κ2) is 5.87. The van der Waals surface area contributed by atoms with E-state index in [-0.39, 0.29) is 11.5 Å². The molecule has 0 bridgehead atoms. The minimum absolute atomic E-state index is 0.141. The number of rotatable bonds is 5. The highest BCUT2D eigenvalue weighted by atomic mass is 16.1. The van der Waals surface area contributed by atoms with Crippen molar-refractivity contribution in [1.29, 1.82) is 0 Å². The maximum atomic E-state index is 11.9. The Balaban J connectivity index is 1.59. The number of carbonyl (C=O) groups excluding carboxylic acids is 1. The Morgan fingerprint density at radius 3 is 2.71 bits per heavy atom. The second-order valence-electron chi connectivity index (χ2n) is 5.09. The van der Waals surface area contributed by atoms with E-state index in [0.717, 1.165) is 18.5 Å². The molecule has 21 heavy (non-hydrogen) atoms. The molecule has 1 saturated carbocycles. The first-order valence-corrected chi connectivity index (χ1v) is 7.00. The number of aromatic nitrogens is 3. The van der Waals surface area contributed by atoms with E-state index in [1.807, 2.05) is 0 Å². The lowest BCUT2D eigenvalue weighted by atomic mass is 10.2. The highest BCUT2D eigenvalue weighted by Gasteiger charge is 2.25. The molecule has 1 aliphatic rings. The van der Waals surface area contributed by atoms with Crippen molar-refractivity contribution in [3.05, 3.63) is 58.3 Å². The molecule has 2 aromatic heterocycles. The van der Waals surface area contributed by atoms with Crippen molar-refractivity contribution in [3.63, 3.8) is 0 Å². The molecule has 0 radical (unpaired) electrons. The van der Waals surface area contributed by atoms with E-state index in [1.165, 1.54) is 4.68 Å². The summed E-state index contributed by atoms with van der Waals surface area (Å²) in [6, 6.07) is 6.64. The summed E-state index contributed by atoms with van der Waals surface area (Å²) < 4.78 is 1.42. The Bertz CT molecular complexity index is 692. The van der Waals surface area contributed by atoms with Gasteiger partial charge in [0.1, 0.15) is 0 Å². The van der Waals surface area contributed by atoms with Crippen molar-refractivity contribution in [1.82, 2.24) is 20.1 Å². The topological polar surface area (TPSA) is 76.9 Å². The number of carbonyl (C=O) groups is 1. The van der Waals surface area contributed by atoms with Crippen molar-refractivity contribution in [2.45, 2.75) is 25.3 Å². The molecule has 6 heteroatoms. The van der Waals surface area contributed by atoms with Crippen LogP contribution < -0.4 is 10.9 Å². The summed E-state index contributed by atoms with van der Waals surface area (Å²) in [6.45, 7) is 0.735. The van der Waals surface area contributed by atoms with Crippen LogP contribution in [0, 0.1) is 0 Å². The zero-order chi connectivity index (χ0) is 14.7. The lowest BCUT2D eigenvalue weighted by Crippen LogP contribution is -2.32. The van der Waals surface area contributed by atoms with Crippen LogP contribution in [0.15, 0.2) is 41.5 Å². The Morgan fingerprint density at radius 1 is 1.24 bits per heavy atom. The van der Waals surface area contributed by atoms with Crippen LogP contribution in [0.3, 0.4) is 0 Å². The minimum Gasteiger partial charge on any atom is -0.350 e. The van der Waals surface area contributed by atoms with Crippen LogP contribution in [0.1, 0.15) is 34.8 Å². The van der Waals surface area contributed by atoms with Gasteiger partial charge in [0.25, 0.3) is 11.5 Å². The summed E-state index contributed by atoms with van der Waals surface area (Å²) in [7, 11) is 0. The quantitative estimate of drug-likeness (QED) is 0.886. The molecule has 0 atom stereocenters. The van der Waals surface area contributed by atoms with E-state index >= 15 is 0 Å². The molecule has 0 aliphatic heterocycles. The van der Waals surface area contributed by atoms with Crippen LogP contribution in [0.2, 0.25) is 0 Å². The fourth-order valence-corrected chi connectivity index (χ4v) is 2.10. The molecule has 0 aromatic carbocycles. The Labute approximate surface area is 121 Å². The molecule has 3 rings (SSSR count). The van der Waals surface area contributed by atoms with Gasteiger partial charge in [0.2, 0.25) is 0 Å².